The molecule has 0 spiro atoms. The molecule has 0 aliphatic rings. The highest BCUT2D eigenvalue weighted by molar-refractivity contribution is 5.60. The Bertz CT molecular complexity index is 140. The lowest BCUT2D eigenvalue weighted by molar-refractivity contribution is 0.595. The van der Waals surface area contributed by atoms with E-state index in [9.17, 15) is 0 Å². The Balaban J connectivity index is 3.53. The Hall–Kier alpha value is -0.330. The van der Waals surface area contributed by atoms with Crippen LogP contribution in [0.25, 0.3) is 0 Å². The topological polar surface area (TPSA) is 12.4 Å². The minimum Gasteiger partial charge on any atom is -0.294 e. The maximum atomic E-state index is 4.57. The number of aliphatic imine (C=N–C) groups is 1. The minimum atomic E-state index is 0.522. The van der Waals surface area contributed by atoms with Gasteiger partial charge in [-0.2, -0.15) is 0 Å². The summed E-state index contributed by atoms with van der Waals surface area (Å²) in [5.74, 6) is 0.667. The van der Waals surface area contributed by atoms with Crippen LogP contribution >= 0.6 is 0 Å². The summed E-state index contributed by atoms with van der Waals surface area (Å²) in [5.41, 5.74) is 0. The van der Waals surface area contributed by atoms with Gasteiger partial charge in [-0.3, -0.25) is 4.99 Å². The highest BCUT2D eigenvalue weighted by Gasteiger charge is 1.99. The van der Waals surface area contributed by atoms with Crippen molar-refractivity contribution in [2.24, 2.45) is 10.9 Å². The van der Waals surface area contributed by atoms with Crippen LogP contribution in [0.4, 0.5) is 0 Å². The van der Waals surface area contributed by atoms with Crippen LogP contribution in [-0.2, 0) is 0 Å². The second-order valence-corrected chi connectivity index (χ2v) is 4.41. The minimum absolute atomic E-state index is 0.522. The third-order valence-corrected chi connectivity index (χ3v) is 2.56. The fourth-order valence-corrected chi connectivity index (χ4v) is 1.58. The molecular formula is C13H27N. The average Bonchev–Trinajstić information content (AvgIpc) is 2.16. The molecule has 0 aliphatic carbocycles. The van der Waals surface area contributed by atoms with Crippen molar-refractivity contribution < 1.29 is 0 Å². The molecule has 0 bridgehead atoms. The van der Waals surface area contributed by atoms with E-state index in [1.807, 2.05) is 0 Å². The third kappa shape index (κ3) is 8.28. The molecule has 0 N–H and O–H groups in total. The van der Waals surface area contributed by atoms with Crippen LogP contribution in [0.15, 0.2) is 4.99 Å². The monoisotopic (exact) mass is 197 g/mol. The van der Waals surface area contributed by atoms with E-state index in [0.717, 1.165) is 0 Å². The van der Waals surface area contributed by atoms with Crippen molar-refractivity contribution >= 4 is 6.21 Å². The van der Waals surface area contributed by atoms with E-state index in [4.69, 9.17) is 0 Å². The zero-order valence-corrected chi connectivity index (χ0v) is 10.4. The van der Waals surface area contributed by atoms with Crippen LogP contribution in [-0.4, -0.2) is 12.3 Å². The Kier molecular flexibility index (Phi) is 9.02. The van der Waals surface area contributed by atoms with Crippen molar-refractivity contribution in [3.05, 3.63) is 0 Å². The van der Waals surface area contributed by atoms with Gasteiger partial charge in [0, 0.05) is 12.3 Å². The molecule has 0 aromatic carbocycles. The van der Waals surface area contributed by atoms with E-state index in [2.05, 4.69) is 38.9 Å². The molecule has 0 radical (unpaired) electrons. The van der Waals surface area contributed by atoms with Gasteiger partial charge in [0.05, 0.1) is 0 Å². The van der Waals surface area contributed by atoms with Gasteiger partial charge < -0.3 is 0 Å². The summed E-state index contributed by atoms with van der Waals surface area (Å²) in [6.07, 6.45) is 9.96. The van der Waals surface area contributed by atoms with Crippen molar-refractivity contribution in [2.75, 3.05) is 0 Å². The number of rotatable bonds is 8. The molecule has 2 unspecified atom stereocenters. The van der Waals surface area contributed by atoms with Crippen LogP contribution in [0.5, 0.6) is 0 Å². The molecule has 0 aromatic rings. The fraction of sp³-hybridized carbons (Fsp3) is 0.923. The van der Waals surface area contributed by atoms with Crippen molar-refractivity contribution in [3.8, 4) is 0 Å². The van der Waals surface area contributed by atoms with Gasteiger partial charge in [-0.1, -0.05) is 46.5 Å². The highest BCUT2D eigenvalue weighted by Crippen LogP contribution is 2.08. The number of unbranched alkanes of at least 4 members (excludes halogenated alkanes) is 2. The van der Waals surface area contributed by atoms with Crippen LogP contribution < -0.4 is 0 Å². The molecule has 0 aromatic heterocycles. The van der Waals surface area contributed by atoms with E-state index in [-0.39, 0.29) is 0 Å². The van der Waals surface area contributed by atoms with Gasteiger partial charge in [-0.05, 0) is 25.7 Å². The number of hydrogen-bond acceptors (Lipinski definition) is 1. The molecule has 0 aliphatic heterocycles. The van der Waals surface area contributed by atoms with Crippen LogP contribution in [0, 0.1) is 5.92 Å². The molecule has 0 rings (SSSR count). The summed E-state index contributed by atoms with van der Waals surface area (Å²) in [6.45, 7) is 8.95. The van der Waals surface area contributed by atoms with Crippen molar-refractivity contribution in [1.29, 1.82) is 0 Å². The standard InChI is InChI=1S/C13H27N/c1-5-7-8-10-12(3)11-14-13(4)9-6-2/h11-13H,5-10H2,1-4H3. The van der Waals surface area contributed by atoms with Gasteiger partial charge in [0.2, 0.25) is 0 Å². The molecule has 0 amide bonds. The summed E-state index contributed by atoms with van der Waals surface area (Å²) < 4.78 is 0. The second kappa shape index (κ2) is 9.23. The van der Waals surface area contributed by atoms with Gasteiger partial charge in [0.15, 0.2) is 0 Å². The number of nitrogens with zero attached hydrogens (tertiary/aromatic N) is 1. The summed E-state index contributed by atoms with van der Waals surface area (Å²) in [7, 11) is 0. The molecule has 84 valence electrons. The summed E-state index contributed by atoms with van der Waals surface area (Å²) in [5, 5.41) is 0. The van der Waals surface area contributed by atoms with Gasteiger partial charge >= 0.3 is 0 Å². The smallest absolute Gasteiger partial charge is 0.0467 e. The average molecular weight is 197 g/mol. The van der Waals surface area contributed by atoms with Crippen molar-refractivity contribution in [2.45, 2.75) is 72.3 Å². The first-order valence-electron chi connectivity index (χ1n) is 6.24. The largest absolute Gasteiger partial charge is 0.294 e. The predicted octanol–water partition coefficient (Wildman–Crippen LogP) is 4.46. The number of hydrogen-bond donors (Lipinski definition) is 0. The van der Waals surface area contributed by atoms with E-state index in [1.165, 1.54) is 38.5 Å². The lowest BCUT2D eigenvalue weighted by Crippen LogP contribution is -2.02. The first-order chi connectivity index (χ1) is 6.70. The zero-order chi connectivity index (χ0) is 10.8. The van der Waals surface area contributed by atoms with E-state index >= 15 is 0 Å². The zero-order valence-electron chi connectivity index (χ0n) is 10.4. The second-order valence-electron chi connectivity index (χ2n) is 4.41. The van der Waals surface area contributed by atoms with Crippen LogP contribution in [0.1, 0.15) is 66.2 Å². The van der Waals surface area contributed by atoms with Gasteiger partial charge in [0.25, 0.3) is 0 Å². The predicted molar refractivity (Wildman–Crippen MR) is 66.2 cm³/mol. The normalized spacial score (nSPS) is 16.0. The van der Waals surface area contributed by atoms with Gasteiger partial charge in [-0.15, -0.1) is 0 Å². The quantitative estimate of drug-likeness (QED) is 0.402. The summed E-state index contributed by atoms with van der Waals surface area (Å²) in [6, 6.07) is 0.522. The van der Waals surface area contributed by atoms with Gasteiger partial charge in [-0.25, -0.2) is 0 Å². The molecule has 1 nitrogen and oxygen atoms in total. The highest BCUT2D eigenvalue weighted by atomic mass is 14.8. The lowest BCUT2D eigenvalue weighted by Gasteiger charge is -2.07. The first kappa shape index (κ1) is 13.7. The Morgan fingerprint density at radius 1 is 1.00 bits per heavy atom. The Labute approximate surface area is 90.0 Å². The first-order valence-corrected chi connectivity index (χ1v) is 6.24. The maximum Gasteiger partial charge on any atom is 0.0467 e. The van der Waals surface area contributed by atoms with E-state index in [1.54, 1.807) is 0 Å². The van der Waals surface area contributed by atoms with Crippen LogP contribution in [0.2, 0.25) is 0 Å². The molecule has 2 atom stereocenters. The molecule has 0 heterocycles. The molecule has 14 heavy (non-hydrogen) atoms. The summed E-state index contributed by atoms with van der Waals surface area (Å²) >= 11 is 0. The van der Waals surface area contributed by atoms with Crippen LogP contribution in [0.3, 0.4) is 0 Å². The molecular weight excluding hydrogens is 170 g/mol. The summed E-state index contributed by atoms with van der Waals surface area (Å²) in [4.78, 5) is 4.57. The van der Waals surface area contributed by atoms with E-state index < -0.39 is 0 Å². The Morgan fingerprint density at radius 3 is 2.29 bits per heavy atom. The SMILES string of the molecule is CCCCCC(C)C=NC(C)CCC. The third-order valence-electron chi connectivity index (χ3n) is 2.56. The van der Waals surface area contributed by atoms with Crippen molar-refractivity contribution in [1.82, 2.24) is 0 Å². The maximum absolute atomic E-state index is 4.57. The van der Waals surface area contributed by atoms with Crippen molar-refractivity contribution in [3.63, 3.8) is 0 Å². The molecule has 0 fully saturated rings. The molecule has 1 heteroatoms. The molecule has 0 saturated heterocycles. The lowest BCUT2D eigenvalue weighted by atomic mass is 10.0. The van der Waals surface area contributed by atoms with Gasteiger partial charge in [0.1, 0.15) is 0 Å². The fourth-order valence-electron chi connectivity index (χ4n) is 1.58. The van der Waals surface area contributed by atoms with E-state index in [0.29, 0.717) is 12.0 Å². The Morgan fingerprint density at radius 2 is 1.71 bits per heavy atom. The molecule has 0 saturated carbocycles.